The number of carbonyl (C=O) groups excluding carboxylic acids is 2. The Balaban J connectivity index is 1.35. The van der Waals surface area contributed by atoms with Gasteiger partial charge in [-0.3, -0.25) is 9.59 Å². The minimum Gasteiger partial charge on any atom is -0.374 e. The molecule has 142 valence electrons. The fourth-order valence-electron chi connectivity index (χ4n) is 2.85. The molecule has 1 aliphatic rings. The highest BCUT2D eigenvalue weighted by Crippen LogP contribution is 2.36. The molecule has 2 aromatic rings. The molecule has 2 amide bonds. The Labute approximate surface area is 163 Å². The van der Waals surface area contributed by atoms with Crippen LogP contribution in [-0.4, -0.2) is 30.2 Å². The van der Waals surface area contributed by atoms with Gasteiger partial charge >= 0.3 is 0 Å². The summed E-state index contributed by atoms with van der Waals surface area (Å²) < 4.78 is 5.80. The van der Waals surface area contributed by atoms with Crippen LogP contribution in [0, 0.1) is 0 Å². The van der Waals surface area contributed by atoms with Crippen LogP contribution in [0.25, 0.3) is 0 Å². The van der Waals surface area contributed by atoms with E-state index in [4.69, 9.17) is 4.74 Å². The Morgan fingerprint density at radius 3 is 2.74 bits per heavy atom. The molecule has 2 atom stereocenters. The molecule has 2 unspecified atom stereocenters. The summed E-state index contributed by atoms with van der Waals surface area (Å²) >= 11 is 1.44. The fraction of sp³-hybridized carbons (Fsp3) is 0.333. The fourth-order valence-corrected chi connectivity index (χ4v) is 3.96. The maximum Gasteiger partial charge on any atom is 0.238 e. The van der Waals surface area contributed by atoms with Crippen LogP contribution >= 0.6 is 11.8 Å². The zero-order chi connectivity index (χ0) is 19.1. The van der Waals surface area contributed by atoms with E-state index in [1.54, 1.807) is 0 Å². The molecule has 27 heavy (non-hydrogen) atoms. The number of amides is 2. The van der Waals surface area contributed by atoms with E-state index < -0.39 is 5.25 Å². The smallest absolute Gasteiger partial charge is 0.238 e. The minimum absolute atomic E-state index is 0.0318. The van der Waals surface area contributed by atoms with Gasteiger partial charge in [0.2, 0.25) is 11.8 Å². The quantitative estimate of drug-likeness (QED) is 0.680. The van der Waals surface area contributed by atoms with E-state index in [1.165, 1.54) is 11.8 Å². The summed E-state index contributed by atoms with van der Waals surface area (Å²) in [5.41, 5.74) is 1.95. The number of hydrogen-bond donors (Lipinski definition) is 2. The van der Waals surface area contributed by atoms with Crippen LogP contribution in [0.2, 0.25) is 0 Å². The van der Waals surface area contributed by atoms with Gasteiger partial charge in [-0.2, -0.15) is 0 Å². The van der Waals surface area contributed by atoms with E-state index in [9.17, 15) is 9.59 Å². The maximum atomic E-state index is 12.1. The number of fused-ring (bicyclic) bond motifs is 1. The Kier molecular flexibility index (Phi) is 6.90. The van der Waals surface area contributed by atoms with Gasteiger partial charge in [-0.05, 0) is 31.0 Å². The van der Waals surface area contributed by atoms with Crippen molar-refractivity contribution in [1.29, 1.82) is 0 Å². The van der Waals surface area contributed by atoms with Gasteiger partial charge in [0.1, 0.15) is 0 Å². The molecule has 0 saturated carbocycles. The second-order valence-electron chi connectivity index (χ2n) is 6.42. The molecule has 1 aliphatic heterocycles. The molecule has 0 spiro atoms. The average molecular weight is 385 g/mol. The number of benzene rings is 2. The second-order valence-corrected chi connectivity index (χ2v) is 7.67. The normalized spacial score (nSPS) is 16.9. The zero-order valence-corrected chi connectivity index (χ0v) is 16.1. The first-order valence-electron chi connectivity index (χ1n) is 9.13. The van der Waals surface area contributed by atoms with Crippen molar-refractivity contribution in [3.8, 4) is 0 Å². The molecular weight excluding hydrogens is 360 g/mol. The summed E-state index contributed by atoms with van der Waals surface area (Å²) in [5.74, 6) is -0.230. The lowest BCUT2D eigenvalue weighted by atomic mass is 10.1. The third-order valence-corrected chi connectivity index (χ3v) is 5.63. The Morgan fingerprint density at radius 2 is 1.93 bits per heavy atom. The number of thioether (sulfide) groups is 1. The molecule has 0 radical (unpaired) electrons. The Bertz CT molecular complexity index is 782. The van der Waals surface area contributed by atoms with Crippen LogP contribution < -0.4 is 10.6 Å². The molecule has 2 aromatic carbocycles. The third kappa shape index (κ3) is 5.58. The molecule has 5 nitrogen and oxygen atoms in total. The van der Waals surface area contributed by atoms with Crippen molar-refractivity contribution in [3.05, 3.63) is 60.2 Å². The van der Waals surface area contributed by atoms with Gasteiger partial charge in [-0.25, -0.2) is 0 Å². The van der Waals surface area contributed by atoms with Crippen molar-refractivity contribution in [1.82, 2.24) is 5.32 Å². The van der Waals surface area contributed by atoms with Gasteiger partial charge < -0.3 is 15.4 Å². The summed E-state index contributed by atoms with van der Waals surface area (Å²) in [4.78, 5) is 25.3. The van der Waals surface area contributed by atoms with Crippen molar-refractivity contribution in [2.24, 2.45) is 0 Å². The van der Waals surface area contributed by atoms with E-state index in [0.717, 1.165) is 22.6 Å². The summed E-state index contributed by atoms with van der Waals surface area (Å²) in [6.07, 6.45) is 0.936. The van der Waals surface area contributed by atoms with Gasteiger partial charge in [0, 0.05) is 24.5 Å². The highest BCUT2D eigenvalue weighted by Gasteiger charge is 2.28. The Morgan fingerprint density at radius 1 is 1.19 bits per heavy atom. The number of hydrogen-bond acceptors (Lipinski definition) is 4. The average Bonchev–Trinajstić information content (AvgIpc) is 2.69. The van der Waals surface area contributed by atoms with E-state index in [2.05, 4.69) is 10.6 Å². The van der Waals surface area contributed by atoms with Crippen LogP contribution in [0.4, 0.5) is 5.69 Å². The third-order valence-electron chi connectivity index (χ3n) is 4.36. The lowest BCUT2D eigenvalue weighted by molar-refractivity contribution is -0.124. The second kappa shape index (κ2) is 9.58. The standard InChI is InChI=1S/C21H24N2O3S/c1-15(16-8-3-2-4-9-16)26-13-7-12-22-20(24)14-19-21(25)23-17-10-5-6-11-18(17)27-19/h2-6,8-11,15,19H,7,12-14H2,1H3,(H,22,24)(H,23,25). The van der Waals surface area contributed by atoms with Crippen LogP contribution in [0.3, 0.4) is 0 Å². The van der Waals surface area contributed by atoms with Crippen LogP contribution in [-0.2, 0) is 14.3 Å². The van der Waals surface area contributed by atoms with Gasteiger partial charge in [0.05, 0.1) is 17.0 Å². The van der Waals surface area contributed by atoms with Crippen molar-refractivity contribution >= 4 is 29.3 Å². The number of rotatable bonds is 8. The molecule has 1 heterocycles. The molecular formula is C21H24N2O3S. The monoisotopic (exact) mass is 384 g/mol. The molecule has 2 N–H and O–H groups in total. The summed E-state index contributed by atoms with van der Waals surface area (Å²) in [7, 11) is 0. The molecule has 0 bridgehead atoms. The number of carbonyl (C=O) groups is 2. The van der Waals surface area contributed by atoms with Gasteiger partial charge in [-0.1, -0.05) is 42.5 Å². The molecule has 0 aromatic heterocycles. The van der Waals surface area contributed by atoms with Crippen molar-refractivity contribution < 1.29 is 14.3 Å². The molecule has 6 heteroatoms. The maximum absolute atomic E-state index is 12.1. The van der Waals surface area contributed by atoms with E-state index in [1.807, 2.05) is 61.5 Å². The molecule has 0 fully saturated rings. The Hall–Kier alpha value is -2.31. The number of nitrogens with one attached hydrogen (secondary N) is 2. The van der Waals surface area contributed by atoms with Gasteiger partial charge in [0.15, 0.2) is 0 Å². The van der Waals surface area contributed by atoms with Crippen LogP contribution in [0.5, 0.6) is 0 Å². The largest absolute Gasteiger partial charge is 0.374 e. The minimum atomic E-state index is -0.394. The van der Waals surface area contributed by atoms with Crippen molar-refractivity contribution in [2.45, 2.75) is 36.0 Å². The summed E-state index contributed by atoms with van der Waals surface area (Å²) in [6, 6.07) is 17.7. The van der Waals surface area contributed by atoms with E-state index >= 15 is 0 Å². The molecule has 3 rings (SSSR count). The van der Waals surface area contributed by atoms with Crippen LogP contribution in [0.1, 0.15) is 31.4 Å². The first-order valence-corrected chi connectivity index (χ1v) is 10.0. The van der Waals surface area contributed by atoms with E-state index in [0.29, 0.717) is 13.2 Å². The summed E-state index contributed by atoms with van der Waals surface area (Å²) in [6.45, 7) is 3.13. The van der Waals surface area contributed by atoms with Crippen molar-refractivity contribution in [2.75, 3.05) is 18.5 Å². The number of para-hydroxylation sites is 1. The first-order chi connectivity index (χ1) is 13.1. The topological polar surface area (TPSA) is 67.4 Å². The highest BCUT2D eigenvalue weighted by molar-refractivity contribution is 8.01. The van der Waals surface area contributed by atoms with E-state index in [-0.39, 0.29) is 24.3 Å². The molecule has 0 aliphatic carbocycles. The first kappa shape index (κ1) is 19.5. The van der Waals surface area contributed by atoms with Gasteiger partial charge in [0.25, 0.3) is 0 Å². The lowest BCUT2D eigenvalue weighted by Gasteiger charge is -2.23. The lowest BCUT2D eigenvalue weighted by Crippen LogP contribution is -2.35. The SMILES string of the molecule is CC(OCCCNC(=O)CC1Sc2ccccc2NC1=O)c1ccccc1. The number of anilines is 1. The van der Waals surface area contributed by atoms with Gasteiger partial charge in [-0.15, -0.1) is 11.8 Å². The number of ether oxygens (including phenoxy) is 1. The predicted octanol–water partition coefficient (Wildman–Crippen LogP) is 3.77. The van der Waals surface area contributed by atoms with Crippen LogP contribution in [0.15, 0.2) is 59.5 Å². The predicted molar refractivity (Wildman–Crippen MR) is 108 cm³/mol. The summed E-state index contributed by atoms with van der Waals surface area (Å²) in [5, 5.41) is 5.34. The van der Waals surface area contributed by atoms with Crippen molar-refractivity contribution in [3.63, 3.8) is 0 Å². The molecule has 0 saturated heterocycles. The highest BCUT2D eigenvalue weighted by atomic mass is 32.2. The zero-order valence-electron chi connectivity index (χ0n) is 15.3.